The van der Waals surface area contributed by atoms with Crippen molar-refractivity contribution in [1.82, 2.24) is 10.2 Å². The maximum atomic E-state index is 12.3. The van der Waals surface area contributed by atoms with Gasteiger partial charge in [-0.15, -0.1) is 10.2 Å². The topological polar surface area (TPSA) is 35.0 Å². The Kier molecular flexibility index (Phi) is 3.18. The van der Waals surface area contributed by atoms with E-state index in [4.69, 9.17) is 16.3 Å². The number of methoxy groups -OCH3 is 1. The summed E-state index contributed by atoms with van der Waals surface area (Å²) in [7, 11) is 1.21. The van der Waals surface area contributed by atoms with Crippen LogP contribution in [0.25, 0.3) is 5.57 Å². The number of hydrogen-bond acceptors (Lipinski definition) is 3. The average Bonchev–Trinajstić information content (AvgIpc) is 2.15. The van der Waals surface area contributed by atoms with Gasteiger partial charge in [-0.05, 0) is 0 Å². The molecule has 3 nitrogen and oxygen atoms in total. The van der Waals surface area contributed by atoms with E-state index in [1.807, 2.05) is 0 Å². The fraction of sp³-hybridized carbons (Fsp3) is 0.250. The van der Waals surface area contributed by atoms with E-state index in [1.54, 1.807) is 0 Å². The predicted octanol–water partition coefficient (Wildman–Crippen LogP) is 2.71. The fourth-order valence-electron chi connectivity index (χ4n) is 0.851. The quantitative estimate of drug-likeness (QED) is 0.795. The van der Waals surface area contributed by atoms with Gasteiger partial charge >= 0.3 is 6.18 Å². The summed E-state index contributed by atoms with van der Waals surface area (Å²) in [4.78, 5) is 0. The molecule has 1 aromatic rings. The van der Waals surface area contributed by atoms with Crippen molar-refractivity contribution in [3.05, 3.63) is 23.5 Å². The first-order valence-corrected chi connectivity index (χ1v) is 4.07. The summed E-state index contributed by atoms with van der Waals surface area (Å²) in [5.74, 6) is -0.114. The Morgan fingerprint density at radius 3 is 2.53 bits per heavy atom. The van der Waals surface area contributed by atoms with E-state index in [1.165, 1.54) is 7.11 Å². The molecule has 1 rings (SSSR count). The van der Waals surface area contributed by atoms with E-state index in [-0.39, 0.29) is 10.9 Å². The van der Waals surface area contributed by atoms with Crippen LogP contribution in [0.15, 0.2) is 12.6 Å². The fourth-order valence-corrected chi connectivity index (χ4v) is 0.988. The summed E-state index contributed by atoms with van der Waals surface area (Å²) in [5.41, 5.74) is -1.59. The summed E-state index contributed by atoms with van der Waals surface area (Å²) in [5, 5.41) is 6.54. The van der Waals surface area contributed by atoms with E-state index in [2.05, 4.69) is 16.8 Å². The molecule has 0 N–H and O–H groups in total. The highest BCUT2D eigenvalue weighted by Crippen LogP contribution is 2.35. The van der Waals surface area contributed by atoms with Crippen LogP contribution in [0.5, 0.6) is 5.75 Å². The molecule has 1 aromatic heterocycles. The third kappa shape index (κ3) is 2.59. The normalized spacial score (nSPS) is 11.3. The van der Waals surface area contributed by atoms with Gasteiger partial charge in [-0.3, -0.25) is 0 Å². The number of allylic oxidation sites excluding steroid dienone is 1. The van der Waals surface area contributed by atoms with Gasteiger partial charge in [-0.25, -0.2) is 0 Å². The molecule has 1 heterocycles. The summed E-state index contributed by atoms with van der Waals surface area (Å²) < 4.78 is 41.6. The van der Waals surface area contributed by atoms with Gasteiger partial charge in [0.15, 0.2) is 5.15 Å². The van der Waals surface area contributed by atoms with Crippen molar-refractivity contribution in [2.75, 3.05) is 7.11 Å². The van der Waals surface area contributed by atoms with Gasteiger partial charge < -0.3 is 4.74 Å². The van der Waals surface area contributed by atoms with Gasteiger partial charge in [0, 0.05) is 6.07 Å². The number of rotatable bonds is 2. The first-order valence-electron chi connectivity index (χ1n) is 3.70. The minimum atomic E-state index is -4.57. The van der Waals surface area contributed by atoms with Crippen molar-refractivity contribution in [2.45, 2.75) is 6.18 Å². The van der Waals surface area contributed by atoms with Gasteiger partial charge in [0.05, 0.1) is 12.7 Å². The van der Waals surface area contributed by atoms with Crippen LogP contribution in [-0.2, 0) is 0 Å². The average molecular weight is 239 g/mol. The smallest absolute Gasteiger partial charge is 0.418 e. The molecule has 7 heteroatoms. The number of halogens is 4. The van der Waals surface area contributed by atoms with Crippen molar-refractivity contribution in [2.24, 2.45) is 0 Å². The zero-order valence-electron chi connectivity index (χ0n) is 7.60. The minimum Gasteiger partial charge on any atom is -0.494 e. The summed E-state index contributed by atoms with van der Waals surface area (Å²) in [6.45, 7) is 2.88. The van der Waals surface area contributed by atoms with Gasteiger partial charge in [0.25, 0.3) is 0 Å². The Morgan fingerprint density at radius 2 is 2.07 bits per heavy atom. The molecule has 0 saturated heterocycles. The second kappa shape index (κ2) is 4.06. The molecule has 0 aromatic carbocycles. The molecular formula is C8H6ClF3N2O. The van der Waals surface area contributed by atoms with Crippen molar-refractivity contribution < 1.29 is 17.9 Å². The Labute approximate surface area is 88.5 Å². The number of ether oxygens (including phenoxy) is 1. The van der Waals surface area contributed by atoms with Crippen LogP contribution in [0.2, 0.25) is 5.15 Å². The molecular weight excluding hydrogens is 233 g/mol. The molecule has 0 aliphatic heterocycles. The first-order chi connectivity index (χ1) is 6.86. The maximum absolute atomic E-state index is 12.3. The minimum absolute atomic E-state index is 0.0504. The van der Waals surface area contributed by atoms with E-state index in [0.717, 1.165) is 6.07 Å². The Hall–Kier alpha value is -1.30. The van der Waals surface area contributed by atoms with Gasteiger partial charge in [-0.2, -0.15) is 13.2 Å². The molecule has 15 heavy (non-hydrogen) atoms. The van der Waals surface area contributed by atoms with E-state index < -0.39 is 17.4 Å². The molecule has 0 radical (unpaired) electrons. The Bertz CT molecular complexity index is 392. The summed E-state index contributed by atoms with van der Waals surface area (Å²) in [6.07, 6.45) is -4.57. The maximum Gasteiger partial charge on any atom is 0.418 e. The van der Waals surface area contributed by atoms with E-state index in [0.29, 0.717) is 0 Å². The first kappa shape index (κ1) is 11.8. The van der Waals surface area contributed by atoms with Gasteiger partial charge in [0.2, 0.25) is 0 Å². The van der Waals surface area contributed by atoms with Crippen LogP contribution < -0.4 is 4.74 Å². The predicted molar refractivity (Wildman–Crippen MR) is 48.7 cm³/mol. The lowest BCUT2D eigenvalue weighted by Crippen LogP contribution is -2.12. The Balaban J connectivity index is 3.20. The molecule has 82 valence electrons. The second-order valence-electron chi connectivity index (χ2n) is 2.56. The number of nitrogens with zero attached hydrogens (tertiary/aromatic N) is 2. The third-order valence-electron chi connectivity index (χ3n) is 1.58. The number of aromatic nitrogens is 2. The van der Waals surface area contributed by atoms with E-state index >= 15 is 0 Å². The zero-order chi connectivity index (χ0) is 11.6. The van der Waals surface area contributed by atoms with Crippen LogP contribution >= 0.6 is 11.6 Å². The highest BCUT2D eigenvalue weighted by atomic mass is 35.5. The molecule has 0 spiro atoms. The summed E-state index contributed by atoms with van der Waals surface area (Å²) in [6, 6.07) is 1.14. The number of hydrogen-bond donors (Lipinski definition) is 0. The molecule has 0 aliphatic rings. The van der Waals surface area contributed by atoms with E-state index in [9.17, 15) is 13.2 Å². The molecule has 0 aliphatic carbocycles. The highest BCUT2D eigenvalue weighted by Gasteiger charge is 2.35. The standard InChI is InChI=1S/C8H6ClF3N2O/c1-4(8(10,11)12)7-5(15-2)3-6(9)13-14-7/h3H,1H2,2H3. The molecule has 0 amide bonds. The zero-order valence-corrected chi connectivity index (χ0v) is 8.35. The van der Waals surface area contributed by atoms with Crippen LogP contribution in [0.4, 0.5) is 13.2 Å². The highest BCUT2D eigenvalue weighted by molar-refractivity contribution is 6.29. The summed E-state index contributed by atoms with van der Waals surface area (Å²) >= 11 is 5.45. The van der Waals surface area contributed by atoms with Crippen molar-refractivity contribution in [1.29, 1.82) is 0 Å². The Morgan fingerprint density at radius 1 is 1.47 bits per heavy atom. The lowest BCUT2D eigenvalue weighted by molar-refractivity contribution is -0.0690. The van der Waals surface area contributed by atoms with Crippen molar-refractivity contribution in [3.8, 4) is 5.75 Å². The monoisotopic (exact) mass is 238 g/mol. The molecule has 0 saturated carbocycles. The lowest BCUT2D eigenvalue weighted by Gasteiger charge is -2.11. The molecule has 0 bridgehead atoms. The third-order valence-corrected chi connectivity index (χ3v) is 1.76. The molecule has 0 unspecified atom stereocenters. The van der Waals surface area contributed by atoms with Crippen LogP contribution in [0.1, 0.15) is 5.69 Å². The van der Waals surface area contributed by atoms with Crippen molar-refractivity contribution >= 4 is 17.2 Å². The number of alkyl halides is 3. The largest absolute Gasteiger partial charge is 0.494 e. The van der Waals surface area contributed by atoms with Gasteiger partial charge in [0.1, 0.15) is 11.4 Å². The SMILES string of the molecule is C=C(c1nnc(Cl)cc1OC)C(F)(F)F. The van der Waals surface area contributed by atoms with Crippen molar-refractivity contribution in [3.63, 3.8) is 0 Å². The molecule has 0 fully saturated rings. The van der Waals surface area contributed by atoms with Gasteiger partial charge in [-0.1, -0.05) is 18.2 Å². The van der Waals surface area contributed by atoms with Crippen LogP contribution in [0.3, 0.4) is 0 Å². The van der Waals surface area contributed by atoms with Crippen LogP contribution in [-0.4, -0.2) is 23.5 Å². The lowest BCUT2D eigenvalue weighted by atomic mass is 10.2. The molecule has 0 atom stereocenters. The second-order valence-corrected chi connectivity index (χ2v) is 2.95. The van der Waals surface area contributed by atoms with Crippen LogP contribution in [0, 0.1) is 0 Å².